The molecule has 1 saturated heterocycles. The number of para-hydroxylation sites is 1. The van der Waals surface area contributed by atoms with Crippen molar-refractivity contribution >= 4 is 40.2 Å². The van der Waals surface area contributed by atoms with Crippen LogP contribution >= 0.6 is 11.8 Å². The Bertz CT molecular complexity index is 1440. The highest BCUT2D eigenvalue weighted by Crippen LogP contribution is 2.21. The number of hydrogen-bond acceptors (Lipinski definition) is 8. The predicted molar refractivity (Wildman–Crippen MR) is 135 cm³/mol. The molecule has 1 N–H and O–H groups in total. The lowest BCUT2D eigenvalue weighted by Gasteiger charge is -2.28. The van der Waals surface area contributed by atoms with Crippen LogP contribution in [-0.4, -0.2) is 62.1 Å². The molecule has 1 aliphatic rings. The fraction of sp³-hybridized carbons (Fsp3) is 0.292. The number of thioether (sulfide) groups is 1. The minimum atomic E-state index is -0.150. The summed E-state index contributed by atoms with van der Waals surface area (Å²) >= 11 is 1.27. The van der Waals surface area contributed by atoms with Crippen LogP contribution in [0.1, 0.15) is 5.56 Å². The third kappa shape index (κ3) is 4.77. The average Bonchev–Trinajstić information content (AvgIpc) is 3.33. The molecule has 1 fully saturated rings. The second-order valence-electron chi connectivity index (χ2n) is 8.03. The van der Waals surface area contributed by atoms with E-state index in [4.69, 9.17) is 4.74 Å². The Morgan fingerprint density at radius 3 is 2.86 bits per heavy atom. The average molecular weight is 492 g/mol. The molecule has 0 spiro atoms. The molecule has 5 rings (SSSR count). The molecule has 35 heavy (non-hydrogen) atoms. The van der Waals surface area contributed by atoms with E-state index in [-0.39, 0.29) is 17.2 Å². The Morgan fingerprint density at radius 2 is 2.03 bits per heavy atom. The van der Waals surface area contributed by atoms with Gasteiger partial charge in [-0.3, -0.25) is 18.6 Å². The zero-order valence-electron chi connectivity index (χ0n) is 19.1. The van der Waals surface area contributed by atoms with Gasteiger partial charge in [0.25, 0.3) is 5.56 Å². The molecular weight excluding hydrogens is 466 g/mol. The summed E-state index contributed by atoms with van der Waals surface area (Å²) in [5.74, 6) is 1.35. The summed E-state index contributed by atoms with van der Waals surface area (Å²) in [7, 11) is 0. The molecule has 0 bridgehead atoms. The zero-order chi connectivity index (χ0) is 24.2. The first-order valence-electron chi connectivity index (χ1n) is 11.3. The van der Waals surface area contributed by atoms with Crippen molar-refractivity contribution in [1.82, 2.24) is 29.5 Å². The highest BCUT2D eigenvalue weighted by Gasteiger charge is 2.17. The van der Waals surface area contributed by atoms with E-state index in [0.717, 1.165) is 24.5 Å². The summed E-state index contributed by atoms with van der Waals surface area (Å²) in [6.45, 7) is 7.45. The molecule has 3 aromatic heterocycles. The Hall–Kier alpha value is -3.70. The lowest BCUT2D eigenvalue weighted by Crippen LogP contribution is -2.36. The summed E-state index contributed by atoms with van der Waals surface area (Å²) < 4.78 is 8.75. The van der Waals surface area contributed by atoms with Crippen LogP contribution in [0.5, 0.6) is 0 Å². The van der Waals surface area contributed by atoms with Crippen LogP contribution < -0.4 is 15.8 Å². The summed E-state index contributed by atoms with van der Waals surface area (Å²) in [5, 5.41) is 12.6. The maximum atomic E-state index is 12.9. The normalized spacial score (nSPS) is 13.9. The Labute approximate surface area is 205 Å². The molecule has 1 aromatic carbocycles. The molecule has 10 nitrogen and oxygen atoms in total. The highest BCUT2D eigenvalue weighted by atomic mass is 32.2. The number of morpholine rings is 1. The number of anilines is 1. The quantitative estimate of drug-likeness (QED) is 0.294. The monoisotopic (exact) mass is 491 g/mol. The summed E-state index contributed by atoms with van der Waals surface area (Å²) in [6, 6.07) is 11.2. The first-order valence-corrected chi connectivity index (χ1v) is 12.3. The van der Waals surface area contributed by atoms with Gasteiger partial charge in [0, 0.05) is 32.4 Å². The third-order valence-electron chi connectivity index (χ3n) is 5.76. The molecule has 0 unspecified atom stereocenters. The fourth-order valence-electron chi connectivity index (χ4n) is 4.04. The number of benzene rings is 1. The standard InChI is InChI=1S/C24H25N7O3S/c1-2-9-30-22(33)18-5-3-4-6-19(18)31-23(30)27-28-24(31)35-16-21(32)26-15-17-7-8-25-20(14-17)29-10-12-34-13-11-29/h2-8,14H,1,9-13,15-16H2,(H,26,32). The van der Waals surface area contributed by atoms with Gasteiger partial charge in [0.1, 0.15) is 5.82 Å². The summed E-state index contributed by atoms with van der Waals surface area (Å²) in [6.07, 6.45) is 3.41. The van der Waals surface area contributed by atoms with Gasteiger partial charge in [-0.25, -0.2) is 4.98 Å². The number of carbonyl (C=O) groups excluding carboxylic acids is 1. The predicted octanol–water partition coefficient (Wildman–Crippen LogP) is 1.87. The van der Waals surface area contributed by atoms with Gasteiger partial charge >= 0.3 is 0 Å². The Balaban J connectivity index is 1.29. The largest absolute Gasteiger partial charge is 0.378 e. The topological polar surface area (TPSA) is 107 Å². The van der Waals surface area contributed by atoms with Crippen molar-refractivity contribution in [2.45, 2.75) is 18.2 Å². The van der Waals surface area contributed by atoms with Crippen LogP contribution in [0.25, 0.3) is 16.7 Å². The molecule has 4 heterocycles. The van der Waals surface area contributed by atoms with Crippen LogP contribution in [0.3, 0.4) is 0 Å². The number of nitrogens with one attached hydrogen (secondary N) is 1. The third-order valence-corrected chi connectivity index (χ3v) is 6.69. The van der Waals surface area contributed by atoms with Gasteiger partial charge in [0.15, 0.2) is 5.16 Å². The number of hydrogen-bond donors (Lipinski definition) is 1. The number of aromatic nitrogens is 5. The minimum absolute atomic E-state index is 0.125. The number of ether oxygens (including phenoxy) is 1. The van der Waals surface area contributed by atoms with Crippen LogP contribution in [0.2, 0.25) is 0 Å². The van der Waals surface area contributed by atoms with Crippen LogP contribution in [0.4, 0.5) is 5.82 Å². The first-order chi connectivity index (χ1) is 17.2. The van der Waals surface area contributed by atoms with E-state index >= 15 is 0 Å². The van der Waals surface area contributed by atoms with Gasteiger partial charge in [-0.2, -0.15) is 0 Å². The van der Waals surface area contributed by atoms with Gasteiger partial charge in [0.2, 0.25) is 11.7 Å². The Kier molecular flexibility index (Phi) is 6.77. The van der Waals surface area contributed by atoms with Crippen molar-refractivity contribution in [2.24, 2.45) is 0 Å². The van der Waals surface area contributed by atoms with Crippen LogP contribution in [0, 0.1) is 0 Å². The molecule has 0 radical (unpaired) electrons. The lowest BCUT2D eigenvalue weighted by molar-refractivity contribution is -0.118. The second-order valence-corrected chi connectivity index (χ2v) is 8.97. The van der Waals surface area contributed by atoms with Gasteiger partial charge in [-0.15, -0.1) is 16.8 Å². The van der Waals surface area contributed by atoms with Gasteiger partial charge in [-0.1, -0.05) is 30.0 Å². The number of nitrogens with zero attached hydrogens (tertiary/aromatic N) is 6. The van der Waals surface area contributed by atoms with E-state index in [1.54, 1.807) is 18.3 Å². The highest BCUT2D eigenvalue weighted by molar-refractivity contribution is 7.99. The molecule has 0 aliphatic carbocycles. The molecule has 11 heteroatoms. The van der Waals surface area contributed by atoms with Crippen molar-refractivity contribution in [3.63, 3.8) is 0 Å². The van der Waals surface area contributed by atoms with Gasteiger partial charge in [-0.05, 0) is 29.8 Å². The summed E-state index contributed by atoms with van der Waals surface area (Å²) in [5.41, 5.74) is 1.53. The summed E-state index contributed by atoms with van der Waals surface area (Å²) in [4.78, 5) is 32.1. The SMILES string of the molecule is C=CCn1c(=O)c2ccccc2n2c(SCC(=O)NCc3ccnc(N4CCOCC4)c3)nnc12. The molecule has 4 aromatic rings. The number of carbonyl (C=O) groups is 1. The number of rotatable bonds is 8. The van der Waals surface area contributed by atoms with E-state index in [1.807, 2.05) is 34.7 Å². The first kappa shape index (κ1) is 23.1. The second kappa shape index (κ2) is 10.3. The van der Waals surface area contributed by atoms with Crippen molar-refractivity contribution in [3.8, 4) is 0 Å². The lowest BCUT2D eigenvalue weighted by atomic mass is 10.2. The number of fused-ring (bicyclic) bond motifs is 3. The van der Waals surface area contributed by atoms with Crippen molar-refractivity contribution in [3.05, 3.63) is 71.2 Å². The van der Waals surface area contributed by atoms with E-state index in [1.165, 1.54) is 16.3 Å². The molecule has 0 atom stereocenters. The van der Waals surface area contributed by atoms with Gasteiger partial charge in [0.05, 0.1) is 29.9 Å². The van der Waals surface area contributed by atoms with Crippen molar-refractivity contribution in [2.75, 3.05) is 37.0 Å². The van der Waals surface area contributed by atoms with E-state index in [2.05, 4.69) is 32.0 Å². The van der Waals surface area contributed by atoms with E-state index in [0.29, 0.717) is 48.1 Å². The van der Waals surface area contributed by atoms with Gasteiger partial charge < -0.3 is 15.0 Å². The Morgan fingerprint density at radius 1 is 1.20 bits per heavy atom. The molecule has 1 amide bonds. The molecule has 180 valence electrons. The molecule has 1 aliphatic heterocycles. The van der Waals surface area contributed by atoms with Crippen LogP contribution in [0.15, 0.2) is 65.2 Å². The minimum Gasteiger partial charge on any atom is -0.378 e. The maximum absolute atomic E-state index is 12.9. The fourth-order valence-corrected chi connectivity index (χ4v) is 4.81. The molecular formula is C24H25N7O3S. The van der Waals surface area contributed by atoms with Crippen molar-refractivity contribution < 1.29 is 9.53 Å². The van der Waals surface area contributed by atoms with E-state index < -0.39 is 0 Å². The zero-order valence-corrected chi connectivity index (χ0v) is 19.9. The number of allylic oxidation sites excluding steroid dienone is 1. The van der Waals surface area contributed by atoms with E-state index in [9.17, 15) is 9.59 Å². The van der Waals surface area contributed by atoms with Crippen LogP contribution in [-0.2, 0) is 22.6 Å². The number of amides is 1. The molecule has 0 saturated carbocycles. The number of pyridine rings is 1. The maximum Gasteiger partial charge on any atom is 0.263 e. The smallest absolute Gasteiger partial charge is 0.263 e. The van der Waals surface area contributed by atoms with Crippen molar-refractivity contribution in [1.29, 1.82) is 0 Å².